The molecular weight excluding hydrogens is 536 g/mol. The Morgan fingerprint density at radius 2 is 1.35 bits per heavy atom. The zero-order chi connectivity index (χ0) is 31.0. The second kappa shape index (κ2) is 13.8. The molecule has 2 aromatic carbocycles. The average molecular weight is 581 g/mol. The summed E-state index contributed by atoms with van der Waals surface area (Å²) in [5.74, 6) is -0.646. The van der Waals surface area contributed by atoms with Crippen LogP contribution < -0.4 is 9.80 Å². The standard InChI is InChI=1S/C37H44N2O4/c1-7-42-34(40)24-16-26-38-30-20-14-12-18-28(30)36(3,4)32(38)22-10-9-11-23-33-37(5,6)29-19-13-15-21-31(29)39(33)27-17-25-35(41)43-8-2/h9-25,32H,7-8,26-27H2,1-6H3. The molecule has 0 aromatic heterocycles. The number of para-hydroxylation sites is 2. The van der Waals surface area contributed by atoms with Gasteiger partial charge in [-0.2, -0.15) is 0 Å². The number of hydrogen-bond donors (Lipinski definition) is 0. The van der Waals surface area contributed by atoms with E-state index in [1.54, 1.807) is 6.92 Å². The number of esters is 2. The molecular formula is C37H44N2O4. The Bertz CT molecular complexity index is 1460. The lowest BCUT2D eigenvalue weighted by Crippen LogP contribution is -2.40. The lowest BCUT2D eigenvalue weighted by atomic mass is 9.80. The second-order valence-corrected chi connectivity index (χ2v) is 11.7. The molecule has 0 N–H and O–H groups in total. The van der Waals surface area contributed by atoms with Gasteiger partial charge in [-0.3, -0.25) is 0 Å². The highest BCUT2D eigenvalue weighted by atomic mass is 16.5. The molecule has 0 aliphatic carbocycles. The molecule has 6 nitrogen and oxygen atoms in total. The maximum atomic E-state index is 11.9. The van der Waals surface area contributed by atoms with Gasteiger partial charge in [0.25, 0.3) is 0 Å². The quantitative estimate of drug-likeness (QED) is 0.159. The summed E-state index contributed by atoms with van der Waals surface area (Å²) in [4.78, 5) is 28.4. The predicted octanol–water partition coefficient (Wildman–Crippen LogP) is 7.19. The van der Waals surface area contributed by atoms with Gasteiger partial charge in [0.2, 0.25) is 0 Å². The van der Waals surface area contributed by atoms with E-state index in [9.17, 15) is 9.59 Å². The van der Waals surface area contributed by atoms with Crippen LogP contribution in [0.1, 0.15) is 52.7 Å². The van der Waals surface area contributed by atoms with Crippen LogP contribution in [0, 0.1) is 0 Å². The number of ether oxygens (including phenoxy) is 2. The van der Waals surface area contributed by atoms with Crippen molar-refractivity contribution in [1.29, 1.82) is 0 Å². The average Bonchev–Trinajstić information content (AvgIpc) is 3.32. The molecule has 1 atom stereocenters. The van der Waals surface area contributed by atoms with E-state index in [0.717, 1.165) is 11.4 Å². The van der Waals surface area contributed by atoms with Gasteiger partial charge < -0.3 is 19.3 Å². The lowest BCUT2D eigenvalue weighted by molar-refractivity contribution is -0.138. The van der Waals surface area contributed by atoms with Gasteiger partial charge in [-0.05, 0) is 43.2 Å². The molecule has 0 radical (unpaired) electrons. The Kier molecular flexibility index (Phi) is 10.1. The van der Waals surface area contributed by atoms with E-state index in [-0.39, 0.29) is 28.8 Å². The van der Waals surface area contributed by atoms with Crippen LogP contribution in [-0.4, -0.2) is 44.3 Å². The number of hydrogen-bond acceptors (Lipinski definition) is 6. The number of fused-ring (bicyclic) bond motifs is 2. The highest BCUT2D eigenvalue weighted by Crippen LogP contribution is 2.48. The van der Waals surface area contributed by atoms with Gasteiger partial charge >= 0.3 is 11.9 Å². The van der Waals surface area contributed by atoms with Crippen LogP contribution in [0.2, 0.25) is 0 Å². The molecule has 2 aliphatic heterocycles. The summed E-state index contributed by atoms with van der Waals surface area (Å²) in [7, 11) is 0. The summed E-state index contributed by atoms with van der Waals surface area (Å²) in [6.07, 6.45) is 17.4. The normalized spacial score (nSPS) is 19.7. The van der Waals surface area contributed by atoms with Gasteiger partial charge in [0.05, 0.1) is 19.3 Å². The Morgan fingerprint density at radius 3 is 2.00 bits per heavy atom. The first kappa shape index (κ1) is 31.6. The van der Waals surface area contributed by atoms with E-state index in [2.05, 4.69) is 110 Å². The smallest absolute Gasteiger partial charge is 0.330 e. The first-order chi connectivity index (χ1) is 20.6. The van der Waals surface area contributed by atoms with Crippen molar-refractivity contribution in [2.45, 2.75) is 58.4 Å². The molecule has 0 spiro atoms. The van der Waals surface area contributed by atoms with E-state index < -0.39 is 0 Å². The minimum Gasteiger partial charge on any atom is -0.463 e. The summed E-state index contributed by atoms with van der Waals surface area (Å²) >= 11 is 0. The van der Waals surface area contributed by atoms with Crippen LogP contribution in [0.25, 0.3) is 0 Å². The highest BCUT2D eigenvalue weighted by Gasteiger charge is 2.42. The van der Waals surface area contributed by atoms with E-state index in [4.69, 9.17) is 9.47 Å². The summed E-state index contributed by atoms with van der Waals surface area (Å²) in [5.41, 5.74) is 5.72. The van der Waals surface area contributed by atoms with Crippen LogP contribution in [0.4, 0.5) is 11.4 Å². The summed E-state index contributed by atoms with van der Waals surface area (Å²) in [5, 5.41) is 0. The molecule has 2 heterocycles. The minimum absolute atomic E-state index is 0.103. The minimum atomic E-state index is -0.327. The summed E-state index contributed by atoms with van der Waals surface area (Å²) in [6, 6.07) is 17.0. The first-order valence-corrected chi connectivity index (χ1v) is 15.1. The monoisotopic (exact) mass is 580 g/mol. The largest absolute Gasteiger partial charge is 0.463 e. The Balaban J connectivity index is 1.56. The van der Waals surface area contributed by atoms with Crippen molar-refractivity contribution in [3.8, 4) is 0 Å². The lowest BCUT2D eigenvalue weighted by Gasteiger charge is -2.31. The maximum Gasteiger partial charge on any atom is 0.330 e. The zero-order valence-electron chi connectivity index (χ0n) is 26.2. The van der Waals surface area contributed by atoms with Crippen molar-refractivity contribution in [2.24, 2.45) is 0 Å². The molecule has 43 heavy (non-hydrogen) atoms. The molecule has 2 aromatic rings. The molecule has 4 rings (SSSR count). The van der Waals surface area contributed by atoms with E-state index in [1.807, 2.05) is 25.1 Å². The molecule has 0 amide bonds. The Hall–Kier alpha value is -4.32. The van der Waals surface area contributed by atoms with Gasteiger partial charge in [0.15, 0.2) is 0 Å². The second-order valence-electron chi connectivity index (χ2n) is 11.7. The maximum absolute atomic E-state index is 11.9. The van der Waals surface area contributed by atoms with Crippen molar-refractivity contribution >= 4 is 23.3 Å². The van der Waals surface area contributed by atoms with Crippen molar-refractivity contribution in [1.82, 2.24) is 0 Å². The fourth-order valence-electron chi connectivity index (χ4n) is 6.14. The number of rotatable bonds is 11. The van der Waals surface area contributed by atoms with Crippen LogP contribution in [-0.2, 0) is 29.9 Å². The third-order valence-corrected chi connectivity index (χ3v) is 8.22. The molecule has 2 aliphatic rings. The number of anilines is 2. The van der Waals surface area contributed by atoms with Crippen molar-refractivity contribution < 1.29 is 19.1 Å². The number of carbonyl (C=O) groups is 2. The molecule has 226 valence electrons. The number of allylic oxidation sites excluding steroid dienone is 5. The van der Waals surface area contributed by atoms with Crippen LogP contribution in [0.5, 0.6) is 0 Å². The molecule has 0 bridgehead atoms. The van der Waals surface area contributed by atoms with Crippen LogP contribution in [0.3, 0.4) is 0 Å². The van der Waals surface area contributed by atoms with Gasteiger partial charge in [-0.15, -0.1) is 0 Å². The van der Waals surface area contributed by atoms with Crippen LogP contribution in [0.15, 0.2) is 109 Å². The Morgan fingerprint density at radius 1 is 0.767 bits per heavy atom. The van der Waals surface area contributed by atoms with Gasteiger partial charge in [-0.1, -0.05) is 101 Å². The molecule has 1 unspecified atom stereocenters. The third-order valence-electron chi connectivity index (χ3n) is 8.22. The fraction of sp³-hybridized carbons (Fsp3) is 0.351. The summed E-state index contributed by atoms with van der Waals surface area (Å²) in [6.45, 7) is 14.5. The van der Waals surface area contributed by atoms with Gasteiger partial charge in [0.1, 0.15) is 0 Å². The number of nitrogens with zero attached hydrogens (tertiary/aromatic N) is 2. The summed E-state index contributed by atoms with van der Waals surface area (Å²) < 4.78 is 10.1. The molecule has 6 heteroatoms. The van der Waals surface area contributed by atoms with Crippen molar-refractivity contribution in [3.05, 3.63) is 120 Å². The Labute approximate surface area is 256 Å². The van der Waals surface area contributed by atoms with E-state index >= 15 is 0 Å². The fourth-order valence-corrected chi connectivity index (χ4v) is 6.14. The van der Waals surface area contributed by atoms with E-state index in [1.165, 1.54) is 29.0 Å². The zero-order valence-corrected chi connectivity index (χ0v) is 26.2. The predicted molar refractivity (Wildman–Crippen MR) is 175 cm³/mol. The van der Waals surface area contributed by atoms with Crippen molar-refractivity contribution in [3.63, 3.8) is 0 Å². The number of benzene rings is 2. The first-order valence-electron chi connectivity index (χ1n) is 15.1. The topological polar surface area (TPSA) is 59.1 Å². The molecule has 0 saturated carbocycles. The highest BCUT2D eigenvalue weighted by molar-refractivity contribution is 5.82. The van der Waals surface area contributed by atoms with Crippen molar-refractivity contribution in [2.75, 3.05) is 36.1 Å². The van der Waals surface area contributed by atoms with Crippen LogP contribution >= 0.6 is 0 Å². The van der Waals surface area contributed by atoms with E-state index in [0.29, 0.717) is 26.3 Å². The van der Waals surface area contributed by atoms with Gasteiger partial charge in [-0.25, -0.2) is 9.59 Å². The molecule has 0 saturated heterocycles. The third kappa shape index (κ3) is 6.85. The van der Waals surface area contributed by atoms with Gasteiger partial charge in [0, 0.05) is 53.1 Å². The SMILES string of the molecule is CCOC(=O)C=CCN1C(=CC=CC=CC2N(CC=CC(=O)OCC)c3ccccc3C2(C)C)C(C)(C)c2ccccc21. The molecule has 0 fully saturated rings. The number of carbonyl (C=O) groups excluding carboxylic acids is 2.